The predicted molar refractivity (Wildman–Crippen MR) is 86.9 cm³/mol. The lowest BCUT2D eigenvalue weighted by atomic mass is 9.89. The SMILES string of the molecule is CC(NCC1CCCCC1)c1cc2cc(Br)ccc2o1. The highest BCUT2D eigenvalue weighted by Gasteiger charge is 2.16. The Morgan fingerprint density at radius 3 is 2.85 bits per heavy atom. The standard InChI is InChI=1S/C17H22BrNO/c1-12(19-11-13-5-3-2-4-6-13)17-10-14-9-15(18)7-8-16(14)20-17/h7-10,12-13,19H,2-6,11H2,1H3. The normalized spacial score (nSPS) is 18.5. The maximum absolute atomic E-state index is 5.94. The fourth-order valence-electron chi connectivity index (χ4n) is 3.08. The van der Waals surface area contributed by atoms with Crippen LogP contribution in [0, 0.1) is 5.92 Å². The number of benzene rings is 1. The molecule has 3 rings (SSSR count). The quantitative estimate of drug-likeness (QED) is 0.806. The molecule has 108 valence electrons. The lowest BCUT2D eigenvalue weighted by Crippen LogP contribution is -2.26. The molecular formula is C17H22BrNO. The van der Waals surface area contributed by atoms with Gasteiger partial charge in [-0.3, -0.25) is 0 Å². The molecule has 2 aromatic rings. The third-order valence-corrected chi connectivity index (χ3v) is 4.85. The van der Waals surface area contributed by atoms with Crippen molar-refractivity contribution in [1.82, 2.24) is 5.32 Å². The van der Waals surface area contributed by atoms with Crippen LogP contribution < -0.4 is 5.32 Å². The second-order valence-electron chi connectivity index (χ2n) is 5.96. The first kappa shape index (κ1) is 14.2. The number of nitrogens with one attached hydrogen (secondary N) is 1. The van der Waals surface area contributed by atoms with Crippen LogP contribution in [0.1, 0.15) is 50.8 Å². The molecule has 1 aliphatic rings. The van der Waals surface area contributed by atoms with E-state index < -0.39 is 0 Å². The van der Waals surface area contributed by atoms with E-state index in [1.165, 1.54) is 37.5 Å². The summed E-state index contributed by atoms with van der Waals surface area (Å²) < 4.78 is 7.04. The maximum atomic E-state index is 5.94. The summed E-state index contributed by atoms with van der Waals surface area (Å²) in [6.45, 7) is 3.30. The van der Waals surface area contributed by atoms with Crippen LogP contribution in [-0.4, -0.2) is 6.54 Å². The second-order valence-corrected chi connectivity index (χ2v) is 6.88. The van der Waals surface area contributed by atoms with Crippen molar-refractivity contribution < 1.29 is 4.42 Å². The summed E-state index contributed by atoms with van der Waals surface area (Å²) in [7, 11) is 0. The minimum absolute atomic E-state index is 0.281. The molecule has 1 heterocycles. The molecule has 0 spiro atoms. The van der Waals surface area contributed by atoms with E-state index in [0.29, 0.717) is 0 Å². The highest BCUT2D eigenvalue weighted by atomic mass is 79.9. The summed E-state index contributed by atoms with van der Waals surface area (Å²) in [4.78, 5) is 0. The first-order valence-electron chi connectivity index (χ1n) is 7.65. The van der Waals surface area contributed by atoms with E-state index in [0.717, 1.165) is 28.3 Å². The maximum Gasteiger partial charge on any atom is 0.134 e. The molecule has 3 heteroatoms. The van der Waals surface area contributed by atoms with Gasteiger partial charge in [0, 0.05) is 9.86 Å². The van der Waals surface area contributed by atoms with Gasteiger partial charge in [-0.15, -0.1) is 0 Å². The molecule has 1 aliphatic carbocycles. The third-order valence-electron chi connectivity index (χ3n) is 4.36. The topological polar surface area (TPSA) is 25.2 Å². The van der Waals surface area contributed by atoms with Crippen LogP contribution in [0.2, 0.25) is 0 Å². The van der Waals surface area contributed by atoms with Gasteiger partial charge in [-0.1, -0.05) is 35.2 Å². The number of fused-ring (bicyclic) bond motifs is 1. The molecule has 0 amide bonds. The average Bonchev–Trinajstić information content (AvgIpc) is 2.89. The highest BCUT2D eigenvalue weighted by Crippen LogP contribution is 2.27. The summed E-state index contributed by atoms with van der Waals surface area (Å²) in [6.07, 6.45) is 6.99. The molecular weight excluding hydrogens is 314 g/mol. The summed E-state index contributed by atoms with van der Waals surface area (Å²) in [5.74, 6) is 1.89. The van der Waals surface area contributed by atoms with E-state index in [2.05, 4.69) is 40.3 Å². The number of rotatable bonds is 4. The van der Waals surface area contributed by atoms with Crippen LogP contribution in [0.15, 0.2) is 33.2 Å². The van der Waals surface area contributed by atoms with Crippen molar-refractivity contribution in [3.63, 3.8) is 0 Å². The van der Waals surface area contributed by atoms with Gasteiger partial charge in [0.05, 0.1) is 6.04 Å². The Morgan fingerprint density at radius 2 is 2.05 bits per heavy atom. The number of hydrogen-bond donors (Lipinski definition) is 1. The fraction of sp³-hybridized carbons (Fsp3) is 0.529. The number of furan rings is 1. The lowest BCUT2D eigenvalue weighted by Gasteiger charge is -2.23. The first-order chi connectivity index (χ1) is 9.72. The van der Waals surface area contributed by atoms with Gasteiger partial charge in [0.15, 0.2) is 0 Å². The smallest absolute Gasteiger partial charge is 0.134 e. The zero-order valence-electron chi connectivity index (χ0n) is 12.0. The Balaban J connectivity index is 1.64. The zero-order valence-corrected chi connectivity index (χ0v) is 13.6. The molecule has 0 aliphatic heterocycles. The Kier molecular flexibility index (Phi) is 4.47. The third kappa shape index (κ3) is 3.26. The van der Waals surface area contributed by atoms with Crippen LogP contribution in [0.5, 0.6) is 0 Å². The van der Waals surface area contributed by atoms with Gasteiger partial charge in [-0.05, 0) is 56.5 Å². The van der Waals surface area contributed by atoms with E-state index in [1.54, 1.807) is 0 Å². The van der Waals surface area contributed by atoms with Gasteiger partial charge in [0.25, 0.3) is 0 Å². The van der Waals surface area contributed by atoms with Crippen LogP contribution in [-0.2, 0) is 0 Å². The molecule has 0 saturated heterocycles. The summed E-state index contributed by atoms with van der Waals surface area (Å²) >= 11 is 3.50. The molecule has 2 nitrogen and oxygen atoms in total. The summed E-state index contributed by atoms with van der Waals surface area (Å²) in [5.41, 5.74) is 0.967. The molecule has 0 bridgehead atoms. The van der Waals surface area contributed by atoms with Gasteiger partial charge in [0.2, 0.25) is 0 Å². The van der Waals surface area contributed by atoms with E-state index in [9.17, 15) is 0 Å². The van der Waals surface area contributed by atoms with Crippen molar-refractivity contribution in [2.45, 2.75) is 45.1 Å². The van der Waals surface area contributed by atoms with Crippen molar-refractivity contribution in [2.24, 2.45) is 5.92 Å². The molecule has 1 unspecified atom stereocenters. The van der Waals surface area contributed by atoms with Gasteiger partial charge >= 0.3 is 0 Å². The Hall–Kier alpha value is -0.800. The molecule has 1 aromatic heterocycles. The van der Waals surface area contributed by atoms with Crippen molar-refractivity contribution in [3.8, 4) is 0 Å². The van der Waals surface area contributed by atoms with Crippen molar-refractivity contribution in [2.75, 3.05) is 6.54 Å². The largest absolute Gasteiger partial charge is 0.459 e. The van der Waals surface area contributed by atoms with Crippen LogP contribution in [0.25, 0.3) is 11.0 Å². The Bertz CT molecular complexity index is 571. The summed E-state index contributed by atoms with van der Waals surface area (Å²) in [6, 6.07) is 8.59. The van der Waals surface area contributed by atoms with E-state index >= 15 is 0 Å². The van der Waals surface area contributed by atoms with Crippen molar-refractivity contribution in [1.29, 1.82) is 0 Å². The number of hydrogen-bond acceptors (Lipinski definition) is 2. The highest BCUT2D eigenvalue weighted by molar-refractivity contribution is 9.10. The Morgan fingerprint density at radius 1 is 1.25 bits per heavy atom. The molecule has 1 saturated carbocycles. The van der Waals surface area contributed by atoms with Crippen LogP contribution in [0.4, 0.5) is 0 Å². The van der Waals surface area contributed by atoms with Crippen LogP contribution >= 0.6 is 15.9 Å². The molecule has 1 N–H and O–H groups in total. The van der Waals surface area contributed by atoms with Gasteiger partial charge in [-0.25, -0.2) is 0 Å². The van der Waals surface area contributed by atoms with E-state index in [-0.39, 0.29) is 6.04 Å². The zero-order chi connectivity index (χ0) is 13.9. The van der Waals surface area contributed by atoms with Gasteiger partial charge in [0.1, 0.15) is 11.3 Å². The monoisotopic (exact) mass is 335 g/mol. The molecule has 1 aromatic carbocycles. The fourth-order valence-corrected chi connectivity index (χ4v) is 3.46. The molecule has 1 atom stereocenters. The first-order valence-corrected chi connectivity index (χ1v) is 8.44. The van der Waals surface area contributed by atoms with Crippen LogP contribution in [0.3, 0.4) is 0 Å². The molecule has 1 fully saturated rings. The van der Waals surface area contributed by atoms with E-state index in [1.807, 2.05) is 12.1 Å². The van der Waals surface area contributed by atoms with Gasteiger partial charge < -0.3 is 9.73 Å². The predicted octanol–water partition coefficient (Wildman–Crippen LogP) is 5.43. The second kappa shape index (κ2) is 6.31. The molecule has 20 heavy (non-hydrogen) atoms. The average molecular weight is 336 g/mol. The minimum atomic E-state index is 0.281. The lowest BCUT2D eigenvalue weighted by molar-refractivity contribution is 0.322. The minimum Gasteiger partial charge on any atom is -0.459 e. The summed E-state index contributed by atoms with van der Waals surface area (Å²) in [5, 5.41) is 4.81. The van der Waals surface area contributed by atoms with Crippen molar-refractivity contribution >= 4 is 26.9 Å². The van der Waals surface area contributed by atoms with Crippen molar-refractivity contribution in [3.05, 3.63) is 34.5 Å². The molecule has 0 radical (unpaired) electrons. The van der Waals surface area contributed by atoms with Gasteiger partial charge in [-0.2, -0.15) is 0 Å². The Labute approximate surface area is 129 Å². The van der Waals surface area contributed by atoms with E-state index in [4.69, 9.17) is 4.42 Å². The number of halogens is 1.